The highest BCUT2D eigenvalue weighted by Crippen LogP contribution is 2.18. The summed E-state index contributed by atoms with van der Waals surface area (Å²) < 4.78 is 0. The molecule has 0 aromatic carbocycles. The standard InChI is InChI=1S/C13H17N5/c1-3-14-12-6-5-10(8-16-12)11-7-13(15-4-2)18-9-17-11/h5-9H,3-4H2,1-2H3,(H,14,16)(H,15,17,18). The van der Waals surface area contributed by atoms with Crippen LogP contribution in [0.2, 0.25) is 0 Å². The van der Waals surface area contributed by atoms with Gasteiger partial charge in [-0.15, -0.1) is 0 Å². The number of anilines is 2. The van der Waals surface area contributed by atoms with Crippen molar-refractivity contribution in [3.63, 3.8) is 0 Å². The first-order valence-electron chi connectivity index (χ1n) is 6.09. The number of hydrogen-bond donors (Lipinski definition) is 2. The monoisotopic (exact) mass is 243 g/mol. The highest BCUT2D eigenvalue weighted by atomic mass is 15.0. The van der Waals surface area contributed by atoms with Gasteiger partial charge in [-0.1, -0.05) is 0 Å². The van der Waals surface area contributed by atoms with Crippen LogP contribution in [0.3, 0.4) is 0 Å². The molecule has 0 radical (unpaired) electrons. The van der Waals surface area contributed by atoms with Crippen LogP contribution in [-0.2, 0) is 0 Å². The van der Waals surface area contributed by atoms with Gasteiger partial charge in [0.05, 0.1) is 5.69 Å². The molecule has 0 aliphatic heterocycles. The van der Waals surface area contributed by atoms with E-state index in [9.17, 15) is 0 Å². The van der Waals surface area contributed by atoms with Crippen molar-refractivity contribution < 1.29 is 0 Å². The number of hydrogen-bond acceptors (Lipinski definition) is 5. The lowest BCUT2D eigenvalue weighted by Gasteiger charge is -2.06. The lowest BCUT2D eigenvalue weighted by atomic mass is 10.2. The van der Waals surface area contributed by atoms with E-state index in [4.69, 9.17) is 0 Å². The number of nitrogens with zero attached hydrogens (tertiary/aromatic N) is 3. The molecule has 0 spiro atoms. The van der Waals surface area contributed by atoms with Crippen LogP contribution in [-0.4, -0.2) is 28.0 Å². The summed E-state index contributed by atoms with van der Waals surface area (Å²) in [6, 6.07) is 5.88. The molecule has 2 heterocycles. The van der Waals surface area contributed by atoms with Gasteiger partial charge in [-0.25, -0.2) is 15.0 Å². The molecule has 0 aliphatic rings. The topological polar surface area (TPSA) is 62.7 Å². The fourth-order valence-electron chi connectivity index (χ4n) is 1.62. The van der Waals surface area contributed by atoms with Crippen molar-refractivity contribution in [1.82, 2.24) is 15.0 Å². The smallest absolute Gasteiger partial charge is 0.129 e. The Morgan fingerprint density at radius 2 is 1.72 bits per heavy atom. The maximum atomic E-state index is 4.33. The zero-order valence-electron chi connectivity index (χ0n) is 10.6. The molecule has 0 fully saturated rings. The maximum Gasteiger partial charge on any atom is 0.129 e. The number of aromatic nitrogens is 3. The van der Waals surface area contributed by atoms with Gasteiger partial charge in [-0.05, 0) is 26.0 Å². The predicted octanol–water partition coefficient (Wildman–Crippen LogP) is 2.40. The fourth-order valence-corrected chi connectivity index (χ4v) is 1.62. The minimum atomic E-state index is 0.832. The van der Waals surface area contributed by atoms with E-state index < -0.39 is 0 Å². The minimum absolute atomic E-state index is 0.832. The van der Waals surface area contributed by atoms with Crippen LogP contribution < -0.4 is 10.6 Å². The molecule has 2 N–H and O–H groups in total. The van der Waals surface area contributed by atoms with Crippen molar-refractivity contribution >= 4 is 11.6 Å². The summed E-state index contributed by atoms with van der Waals surface area (Å²) in [5.74, 6) is 1.71. The highest BCUT2D eigenvalue weighted by Gasteiger charge is 2.02. The zero-order valence-corrected chi connectivity index (χ0v) is 10.6. The molecule has 0 saturated heterocycles. The van der Waals surface area contributed by atoms with Crippen molar-refractivity contribution in [2.24, 2.45) is 0 Å². The van der Waals surface area contributed by atoms with E-state index in [1.165, 1.54) is 0 Å². The Kier molecular flexibility index (Phi) is 4.06. The van der Waals surface area contributed by atoms with Gasteiger partial charge in [0.1, 0.15) is 18.0 Å². The third-order valence-electron chi connectivity index (χ3n) is 2.44. The average Bonchev–Trinajstić information content (AvgIpc) is 2.41. The van der Waals surface area contributed by atoms with Crippen LogP contribution >= 0.6 is 0 Å². The van der Waals surface area contributed by atoms with E-state index in [1.54, 1.807) is 6.33 Å². The molecule has 2 rings (SSSR count). The normalized spacial score (nSPS) is 10.1. The summed E-state index contributed by atoms with van der Waals surface area (Å²) >= 11 is 0. The first-order chi connectivity index (χ1) is 8.83. The number of rotatable bonds is 5. The molecule has 2 aromatic rings. The average molecular weight is 243 g/mol. The molecule has 5 heteroatoms. The molecule has 94 valence electrons. The lowest BCUT2D eigenvalue weighted by molar-refractivity contribution is 1.11. The third kappa shape index (κ3) is 2.94. The van der Waals surface area contributed by atoms with Gasteiger partial charge in [0.2, 0.25) is 0 Å². The fraction of sp³-hybridized carbons (Fsp3) is 0.308. The van der Waals surface area contributed by atoms with Gasteiger partial charge >= 0.3 is 0 Å². The molecule has 0 unspecified atom stereocenters. The van der Waals surface area contributed by atoms with Gasteiger partial charge in [0, 0.05) is 30.9 Å². The second-order valence-electron chi connectivity index (χ2n) is 3.78. The molecular formula is C13H17N5. The molecule has 5 nitrogen and oxygen atoms in total. The van der Waals surface area contributed by atoms with E-state index in [1.807, 2.05) is 38.2 Å². The second-order valence-corrected chi connectivity index (χ2v) is 3.78. The lowest BCUT2D eigenvalue weighted by Crippen LogP contribution is -2.00. The van der Waals surface area contributed by atoms with Crippen LogP contribution in [0.1, 0.15) is 13.8 Å². The van der Waals surface area contributed by atoms with Crippen LogP contribution in [0.5, 0.6) is 0 Å². The highest BCUT2D eigenvalue weighted by molar-refractivity contribution is 5.62. The molecular weight excluding hydrogens is 226 g/mol. The van der Waals surface area contributed by atoms with Gasteiger partial charge in [0.25, 0.3) is 0 Å². The van der Waals surface area contributed by atoms with Gasteiger partial charge in [-0.3, -0.25) is 0 Å². The predicted molar refractivity (Wildman–Crippen MR) is 73.6 cm³/mol. The molecule has 0 saturated carbocycles. The Labute approximate surface area is 107 Å². The van der Waals surface area contributed by atoms with Gasteiger partial charge < -0.3 is 10.6 Å². The van der Waals surface area contributed by atoms with Crippen molar-refractivity contribution in [3.05, 3.63) is 30.7 Å². The van der Waals surface area contributed by atoms with E-state index in [2.05, 4.69) is 25.6 Å². The van der Waals surface area contributed by atoms with Gasteiger partial charge in [-0.2, -0.15) is 0 Å². The van der Waals surface area contributed by atoms with Crippen LogP contribution in [0, 0.1) is 0 Å². The SMILES string of the molecule is CCNc1ccc(-c2cc(NCC)ncn2)cn1. The van der Waals surface area contributed by atoms with Crippen LogP contribution in [0.25, 0.3) is 11.3 Å². The zero-order chi connectivity index (χ0) is 12.8. The Hall–Kier alpha value is -2.17. The van der Waals surface area contributed by atoms with E-state index in [0.29, 0.717) is 0 Å². The molecule has 0 aliphatic carbocycles. The first-order valence-corrected chi connectivity index (χ1v) is 6.09. The van der Waals surface area contributed by atoms with Crippen LogP contribution in [0.4, 0.5) is 11.6 Å². The number of pyridine rings is 1. The minimum Gasteiger partial charge on any atom is -0.370 e. The summed E-state index contributed by atoms with van der Waals surface area (Å²) in [4.78, 5) is 12.7. The first kappa shape index (κ1) is 12.3. The van der Waals surface area contributed by atoms with Crippen molar-refractivity contribution in [1.29, 1.82) is 0 Å². The summed E-state index contributed by atoms with van der Waals surface area (Å²) in [5.41, 5.74) is 1.86. The summed E-state index contributed by atoms with van der Waals surface area (Å²) in [6.07, 6.45) is 3.38. The maximum absolute atomic E-state index is 4.33. The Balaban J connectivity index is 2.22. The van der Waals surface area contributed by atoms with Crippen LogP contribution in [0.15, 0.2) is 30.7 Å². The molecule has 0 amide bonds. The summed E-state index contributed by atoms with van der Waals surface area (Å²) in [5, 5.41) is 6.33. The molecule has 0 bridgehead atoms. The van der Waals surface area contributed by atoms with Crippen molar-refractivity contribution in [2.75, 3.05) is 23.7 Å². The van der Waals surface area contributed by atoms with Crippen molar-refractivity contribution in [2.45, 2.75) is 13.8 Å². The molecule has 18 heavy (non-hydrogen) atoms. The Morgan fingerprint density at radius 1 is 0.944 bits per heavy atom. The third-order valence-corrected chi connectivity index (χ3v) is 2.44. The van der Waals surface area contributed by atoms with Gasteiger partial charge in [0.15, 0.2) is 0 Å². The number of nitrogens with one attached hydrogen (secondary N) is 2. The largest absolute Gasteiger partial charge is 0.370 e. The molecule has 0 atom stereocenters. The summed E-state index contributed by atoms with van der Waals surface area (Å²) in [7, 11) is 0. The Morgan fingerprint density at radius 3 is 2.39 bits per heavy atom. The Bertz CT molecular complexity index is 495. The second kappa shape index (κ2) is 5.95. The van der Waals surface area contributed by atoms with E-state index >= 15 is 0 Å². The summed E-state index contributed by atoms with van der Waals surface area (Å²) in [6.45, 7) is 5.79. The quantitative estimate of drug-likeness (QED) is 0.844. The van der Waals surface area contributed by atoms with E-state index in [0.717, 1.165) is 36.0 Å². The molecule has 2 aromatic heterocycles. The van der Waals surface area contributed by atoms with Crippen molar-refractivity contribution in [3.8, 4) is 11.3 Å². The van der Waals surface area contributed by atoms with E-state index in [-0.39, 0.29) is 0 Å².